The molecule has 0 amide bonds. The smallest absolute Gasteiger partial charge is 0.338 e. The first-order valence-corrected chi connectivity index (χ1v) is 3.24. The van der Waals surface area contributed by atoms with Crippen molar-refractivity contribution in [3.8, 4) is 0 Å². The van der Waals surface area contributed by atoms with Crippen LogP contribution in [-0.4, -0.2) is 37.4 Å². The molecule has 1 aliphatic heterocycles. The first-order chi connectivity index (χ1) is 5.70. The van der Waals surface area contributed by atoms with E-state index in [4.69, 9.17) is 5.11 Å². The van der Waals surface area contributed by atoms with Crippen LogP contribution in [0, 0.1) is 0 Å². The van der Waals surface area contributed by atoms with Crippen molar-refractivity contribution < 1.29 is 24.2 Å². The van der Waals surface area contributed by atoms with Gasteiger partial charge in [0.05, 0.1) is 13.2 Å². The zero-order valence-electron chi connectivity index (χ0n) is 6.65. The molecule has 0 aliphatic carbocycles. The van der Waals surface area contributed by atoms with Gasteiger partial charge in [0.25, 0.3) is 0 Å². The van der Waals surface area contributed by atoms with Crippen LogP contribution in [0.4, 0.5) is 0 Å². The molecule has 1 N–H and O–H groups in total. The molecule has 0 aromatic carbocycles. The number of methoxy groups -OCH3 is 1. The Morgan fingerprint density at radius 3 is 2.00 bits per heavy atom. The van der Waals surface area contributed by atoms with Gasteiger partial charge in [0.15, 0.2) is 0 Å². The summed E-state index contributed by atoms with van der Waals surface area (Å²) in [6.45, 7) is 0.566. The van der Waals surface area contributed by atoms with Crippen molar-refractivity contribution in [2.45, 2.75) is 0 Å². The van der Waals surface area contributed by atoms with Gasteiger partial charge in [0, 0.05) is 19.3 Å². The van der Waals surface area contributed by atoms with E-state index in [1.165, 1.54) is 0 Å². The second-order valence-electron chi connectivity index (χ2n) is 1.79. The van der Waals surface area contributed by atoms with Gasteiger partial charge in [-0.2, -0.15) is 0 Å². The Labute approximate surface area is 69.6 Å². The molecule has 0 unspecified atom stereocenters. The standard InChI is InChI=1S/C4H2O3.C3H8O2/c5-3-1-2-4(6)7-3;1-5-3-2-4/h1-2H;4H,2-3H2,1H3. The van der Waals surface area contributed by atoms with E-state index in [1.54, 1.807) is 7.11 Å². The molecule has 0 spiro atoms. The Kier molecular flexibility index (Phi) is 5.86. The molecule has 0 aromatic heterocycles. The zero-order chi connectivity index (χ0) is 9.40. The molecule has 5 heteroatoms. The lowest BCUT2D eigenvalue weighted by atomic mass is 10.6. The Hall–Kier alpha value is -1.20. The van der Waals surface area contributed by atoms with E-state index in [1.807, 2.05) is 0 Å². The van der Waals surface area contributed by atoms with E-state index >= 15 is 0 Å². The fraction of sp³-hybridized carbons (Fsp3) is 0.429. The summed E-state index contributed by atoms with van der Waals surface area (Å²) in [6, 6.07) is 0. The molecule has 1 heterocycles. The molecule has 0 bridgehead atoms. The third-order valence-corrected chi connectivity index (χ3v) is 0.852. The summed E-state index contributed by atoms with van der Waals surface area (Å²) in [5.74, 6) is -1.16. The average molecular weight is 174 g/mol. The summed E-state index contributed by atoms with van der Waals surface area (Å²) in [5, 5.41) is 7.94. The van der Waals surface area contributed by atoms with Crippen molar-refractivity contribution in [3.05, 3.63) is 12.2 Å². The molecule has 0 radical (unpaired) electrons. The second-order valence-corrected chi connectivity index (χ2v) is 1.79. The highest BCUT2D eigenvalue weighted by molar-refractivity contribution is 6.04. The summed E-state index contributed by atoms with van der Waals surface area (Å²) in [5.41, 5.74) is 0. The number of hydrogen-bond acceptors (Lipinski definition) is 5. The summed E-state index contributed by atoms with van der Waals surface area (Å²) < 4.78 is 8.41. The first kappa shape index (κ1) is 10.8. The van der Waals surface area contributed by atoms with Crippen LogP contribution in [0.5, 0.6) is 0 Å². The van der Waals surface area contributed by atoms with E-state index in [0.717, 1.165) is 12.2 Å². The number of carbonyl (C=O) groups excluding carboxylic acids is 2. The number of hydrogen-bond donors (Lipinski definition) is 1. The summed E-state index contributed by atoms with van der Waals surface area (Å²) in [4.78, 5) is 19.8. The van der Waals surface area contributed by atoms with Gasteiger partial charge in [0.1, 0.15) is 0 Å². The predicted octanol–water partition coefficient (Wildman–Crippen LogP) is -0.749. The Bertz CT molecular complexity index is 166. The monoisotopic (exact) mass is 174 g/mol. The average Bonchev–Trinajstić information content (AvgIpc) is 2.38. The lowest BCUT2D eigenvalue weighted by Gasteiger charge is -1.84. The summed E-state index contributed by atoms with van der Waals surface area (Å²) in [7, 11) is 1.55. The number of carbonyl (C=O) groups is 2. The van der Waals surface area contributed by atoms with Gasteiger partial charge < -0.3 is 14.6 Å². The first-order valence-electron chi connectivity index (χ1n) is 3.24. The number of rotatable bonds is 2. The summed E-state index contributed by atoms with van der Waals surface area (Å²) in [6.07, 6.45) is 2.17. The van der Waals surface area contributed by atoms with Crippen LogP contribution in [0.15, 0.2) is 12.2 Å². The Balaban J connectivity index is 0.000000217. The highest BCUT2D eigenvalue weighted by atomic mass is 16.6. The van der Waals surface area contributed by atoms with Crippen molar-refractivity contribution in [2.24, 2.45) is 0 Å². The quantitative estimate of drug-likeness (QED) is 0.440. The van der Waals surface area contributed by atoms with E-state index in [2.05, 4.69) is 9.47 Å². The summed E-state index contributed by atoms with van der Waals surface area (Å²) >= 11 is 0. The minimum absolute atomic E-state index is 0.122. The lowest BCUT2D eigenvalue weighted by molar-refractivity contribution is -0.150. The fourth-order valence-corrected chi connectivity index (χ4v) is 0.395. The van der Waals surface area contributed by atoms with Crippen LogP contribution in [0.1, 0.15) is 0 Å². The van der Waals surface area contributed by atoms with Crippen molar-refractivity contribution in [1.29, 1.82) is 0 Å². The molecule has 0 aromatic rings. The van der Waals surface area contributed by atoms with Gasteiger partial charge in [-0.25, -0.2) is 9.59 Å². The zero-order valence-corrected chi connectivity index (χ0v) is 6.65. The molecule has 0 atom stereocenters. The molecule has 5 nitrogen and oxygen atoms in total. The number of ether oxygens (including phenoxy) is 2. The van der Waals surface area contributed by atoms with Gasteiger partial charge in [-0.1, -0.05) is 0 Å². The van der Waals surface area contributed by atoms with Crippen molar-refractivity contribution >= 4 is 11.9 Å². The van der Waals surface area contributed by atoms with Crippen LogP contribution in [0.2, 0.25) is 0 Å². The highest BCUT2D eigenvalue weighted by Gasteiger charge is 2.10. The minimum atomic E-state index is -0.579. The molecular formula is C7H10O5. The van der Waals surface area contributed by atoms with Crippen molar-refractivity contribution in [2.75, 3.05) is 20.3 Å². The van der Waals surface area contributed by atoms with E-state index in [-0.39, 0.29) is 6.61 Å². The maximum atomic E-state index is 9.92. The van der Waals surface area contributed by atoms with Crippen LogP contribution in [0.3, 0.4) is 0 Å². The van der Waals surface area contributed by atoms with Crippen LogP contribution in [0.25, 0.3) is 0 Å². The van der Waals surface area contributed by atoms with Gasteiger partial charge in [-0.05, 0) is 0 Å². The fourth-order valence-electron chi connectivity index (χ4n) is 0.395. The molecule has 1 rings (SSSR count). The third kappa shape index (κ3) is 5.57. The predicted molar refractivity (Wildman–Crippen MR) is 39.2 cm³/mol. The van der Waals surface area contributed by atoms with Crippen LogP contribution in [-0.2, 0) is 19.1 Å². The maximum Gasteiger partial charge on any atom is 0.338 e. The van der Waals surface area contributed by atoms with E-state index < -0.39 is 11.9 Å². The van der Waals surface area contributed by atoms with E-state index in [0.29, 0.717) is 6.61 Å². The van der Waals surface area contributed by atoms with Gasteiger partial charge >= 0.3 is 11.9 Å². The molecule has 1 aliphatic rings. The Morgan fingerprint density at radius 2 is 1.92 bits per heavy atom. The molecule has 12 heavy (non-hydrogen) atoms. The number of aliphatic hydroxyl groups excluding tert-OH is 1. The van der Waals surface area contributed by atoms with Gasteiger partial charge in [0.2, 0.25) is 0 Å². The molecular weight excluding hydrogens is 164 g/mol. The number of aliphatic hydroxyl groups is 1. The number of esters is 2. The molecule has 0 saturated heterocycles. The van der Waals surface area contributed by atoms with Crippen molar-refractivity contribution in [3.63, 3.8) is 0 Å². The molecule has 68 valence electrons. The minimum Gasteiger partial charge on any atom is -0.394 e. The normalized spacial score (nSPS) is 13.8. The van der Waals surface area contributed by atoms with E-state index in [9.17, 15) is 9.59 Å². The Morgan fingerprint density at radius 1 is 1.42 bits per heavy atom. The largest absolute Gasteiger partial charge is 0.394 e. The third-order valence-electron chi connectivity index (χ3n) is 0.852. The highest BCUT2D eigenvalue weighted by Crippen LogP contribution is 1.92. The molecule has 0 fully saturated rings. The van der Waals surface area contributed by atoms with Crippen LogP contribution < -0.4 is 0 Å². The topological polar surface area (TPSA) is 72.8 Å². The second kappa shape index (κ2) is 6.51. The number of cyclic esters (lactones) is 2. The maximum absolute atomic E-state index is 9.92. The van der Waals surface area contributed by atoms with Gasteiger partial charge in [-0.15, -0.1) is 0 Å². The van der Waals surface area contributed by atoms with Gasteiger partial charge in [-0.3, -0.25) is 0 Å². The SMILES string of the molecule is COCCO.O=C1C=CC(=O)O1. The lowest BCUT2D eigenvalue weighted by Crippen LogP contribution is -1.96. The van der Waals surface area contributed by atoms with Crippen molar-refractivity contribution in [1.82, 2.24) is 0 Å². The van der Waals surface area contributed by atoms with Crippen LogP contribution >= 0.6 is 0 Å². The molecule has 0 saturated carbocycles.